The number of carbonyl (C=O) groups is 2. The molecular formula is C15H30N2O4. The number of rotatable bonds is 12. The normalized spacial score (nSPS) is 17.0. The second kappa shape index (κ2) is 9.00. The number of hydrogen-bond acceptors (Lipinski definition) is 4. The van der Waals surface area contributed by atoms with Gasteiger partial charge in [0.15, 0.2) is 0 Å². The van der Waals surface area contributed by atoms with E-state index in [1.165, 1.54) is 0 Å². The fourth-order valence-corrected chi connectivity index (χ4v) is 2.50. The molecule has 0 saturated carbocycles. The van der Waals surface area contributed by atoms with E-state index in [-0.39, 0.29) is 12.8 Å². The first-order valence-corrected chi connectivity index (χ1v) is 7.60. The lowest BCUT2D eigenvalue weighted by Crippen LogP contribution is -2.50. The summed E-state index contributed by atoms with van der Waals surface area (Å²) < 4.78 is 0. The van der Waals surface area contributed by atoms with Gasteiger partial charge in [0.05, 0.1) is 12.8 Å². The lowest BCUT2D eigenvalue weighted by molar-refractivity contribution is -0.139. The molecule has 2 atom stereocenters. The fourth-order valence-electron chi connectivity index (χ4n) is 2.50. The Morgan fingerprint density at radius 1 is 0.905 bits per heavy atom. The summed E-state index contributed by atoms with van der Waals surface area (Å²) >= 11 is 0. The molecule has 21 heavy (non-hydrogen) atoms. The van der Waals surface area contributed by atoms with Crippen LogP contribution in [-0.2, 0) is 9.59 Å². The van der Waals surface area contributed by atoms with Crippen LogP contribution in [0.5, 0.6) is 0 Å². The van der Waals surface area contributed by atoms with E-state index in [0.29, 0.717) is 13.1 Å². The molecule has 0 aromatic heterocycles. The molecule has 0 aliphatic carbocycles. The molecule has 124 valence electrons. The highest BCUT2D eigenvalue weighted by atomic mass is 16.4. The molecule has 2 unspecified atom stereocenters. The molecular weight excluding hydrogens is 272 g/mol. The number of aliphatic carboxylic acids is 2. The lowest BCUT2D eigenvalue weighted by atomic mass is 9.92. The van der Waals surface area contributed by atoms with Gasteiger partial charge in [0.25, 0.3) is 0 Å². The predicted octanol–water partition coefficient (Wildman–Crippen LogP) is 1.84. The molecule has 0 bridgehead atoms. The highest BCUT2D eigenvalue weighted by Gasteiger charge is 2.27. The average molecular weight is 302 g/mol. The number of hydrogen-bond donors (Lipinski definition) is 4. The van der Waals surface area contributed by atoms with Gasteiger partial charge in [-0.1, -0.05) is 20.3 Å². The molecule has 0 heterocycles. The summed E-state index contributed by atoms with van der Waals surface area (Å²) in [5.74, 6) is -1.63. The van der Waals surface area contributed by atoms with Crippen LogP contribution in [0.15, 0.2) is 0 Å². The van der Waals surface area contributed by atoms with Gasteiger partial charge in [0.1, 0.15) is 0 Å². The second-order valence-electron chi connectivity index (χ2n) is 6.22. The van der Waals surface area contributed by atoms with Crippen molar-refractivity contribution < 1.29 is 19.8 Å². The Labute approximate surface area is 127 Å². The smallest absolute Gasteiger partial charge is 0.305 e. The molecule has 0 aromatic rings. The van der Waals surface area contributed by atoms with Crippen molar-refractivity contribution in [1.82, 2.24) is 10.6 Å². The van der Waals surface area contributed by atoms with Gasteiger partial charge in [0, 0.05) is 24.2 Å². The molecule has 0 saturated heterocycles. The third kappa shape index (κ3) is 8.67. The van der Waals surface area contributed by atoms with Gasteiger partial charge < -0.3 is 20.8 Å². The molecule has 0 fully saturated rings. The van der Waals surface area contributed by atoms with Crippen LogP contribution in [0.1, 0.15) is 59.8 Å². The van der Waals surface area contributed by atoms with Crippen molar-refractivity contribution in [3.05, 3.63) is 0 Å². The minimum absolute atomic E-state index is 0.0743. The van der Waals surface area contributed by atoms with Crippen LogP contribution in [0.25, 0.3) is 0 Å². The first-order valence-electron chi connectivity index (χ1n) is 7.60. The third-order valence-electron chi connectivity index (χ3n) is 3.89. The minimum Gasteiger partial charge on any atom is -0.481 e. The van der Waals surface area contributed by atoms with Gasteiger partial charge in [-0.3, -0.25) is 9.59 Å². The van der Waals surface area contributed by atoms with E-state index in [0.717, 1.165) is 19.3 Å². The van der Waals surface area contributed by atoms with Crippen molar-refractivity contribution in [3.8, 4) is 0 Å². The maximum absolute atomic E-state index is 10.9. The quantitative estimate of drug-likeness (QED) is 0.411. The van der Waals surface area contributed by atoms with E-state index < -0.39 is 23.0 Å². The molecule has 6 heteroatoms. The maximum atomic E-state index is 10.9. The van der Waals surface area contributed by atoms with Crippen LogP contribution in [-0.4, -0.2) is 46.3 Å². The summed E-state index contributed by atoms with van der Waals surface area (Å²) in [5.41, 5.74) is -0.848. The summed E-state index contributed by atoms with van der Waals surface area (Å²) in [4.78, 5) is 21.8. The highest BCUT2D eigenvalue weighted by Crippen LogP contribution is 2.17. The monoisotopic (exact) mass is 302 g/mol. The molecule has 0 spiro atoms. The Morgan fingerprint density at radius 2 is 1.33 bits per heavy atom. The van der Waals surface area contributed by atoms with Gasteiger partial charge in [-0.05, 0) is 26.7 Å². The van der Waals surface area contributed by atoms with Crippen LogP contribution in [0.4, 0.5) is 0 Å². The van der Waals surface area contributed by atoms with Gasteiger partial charge in [0.2, 0.25) is 0 Å². The zero-order chi connectivity index (χ0) is 16.5. The summed E-state index contributed by atoms with van der Waals surface area (Å²) in [7, 11) is 0. The van der Waals surface area contributed by atoms with E-state index in [1.54, 1.807) is 0 Å². The minimum atomic E-state index is -0.818. The van der Waals surface area contributed by atoms with Crippen LogP contribution < -0.4 is 10.6 Å². The standard InChI is InChI=1S/C15H30N2O4/c1-5-7-15(4,11-13(20)21)17-9-8-16-14(3,6-2)10-12(18)19/h16-17H,5-11H2,1-4H3,(H,18,19)(H,20,21). The molecule has 6 nitrogen and oxygen atoms in total. The Bertz CT molecular complexity index is 349. The summed E-state index contributed by atoms with van der Waals surface area (Å²) in [5, 5.41) is 24.4. The van der Waals surface area contributed by atoms with Crippen molar-refractivity contribution >= 4 is 11.9 Å². The number of nitrogens with one attached hydrogen (secondary N) is 2. The highest BCUT2D eigenvalue weighted by molar-refractivity contribution is 5.68. The first kappa shape index (κ1) is 19.9. The summed E-state index contributed by atoms with van der Waals surface area (Å²) in [6.45, 7) is 9.01. The number of carboxylic acids is 2. The second-order valence-corrected chi connectivity index (χ2v) is 6.22. The molecule has 0 amide bonds. The van der Waals surface area contributed by atoms with Gasteiger partial charge in [-0.2, -0.15) is 0 Å². The van der Waals surface area contributed by atoms with Crippen LogP contribution in [0.2, 0.25) is 0 Å². The molecule has 4 N–H and O–H groups in total. The maximum Gasteiger partial charge on any atom is 0.305 e. The Kier molecular flexibility index (Phi) is 8.51. The lowest BCUT2D eigenvalue weighted by Gasteiger charge is -2.32. The first-order chi connectivity index (χ1) is 9.66. The molecule has 0 aliphatic heterocycles. The zero-order valence-corrected chi connectivity index (χ0v) is 13.7. The molecule has 0 aliphatic rings. The third-order valence-corrected chi connectivity index (χ3v) is 3.89. The van der Waals surface area contributed by atoms with Gasteiger partial charge in [-0.25, -0.2) is 0 Å². The SMILES string of the molecule is CCCC(C)(CC(=O)O)NCCNC(C)(CC)CC(=O)O. The number of carboxylic acid groups (broad SMARTS) is 2. The van der Waals surface area contributed by atoms with E-state index >= 15 is 0 Å². The molecule has 0 radical (unpaired) electrons. The van der Waals surface area contributed by atoms with Gasteiger partial charge >= 0.3 is 11.9 Å². The van der Waals surface area contributed by atoms with E-state index in [4.69, 9.17) is 10.2 Å². The Balaban J connectivity index is 4.31. The largest absolute Gasteiger partial charge is 0.481 e. The zero-order valence-electron chi connectivity index (χ0n) is 13.7. The summed E-state index contributed by atoms with van der Waals surface area (Å²) in [6, 6.07) is 0. The summed E-state index contributed by atoms with van der Waals surface area (Å²) in [6.07, 6.45) is 2.59. The van der Waals surface area contributed by atoms with E-state index in [2.05, 4.69) is 10.6 Å². The molecule has 0 rings (SSSR count). The predicted molar refractivity (Wildman–Crippen MR) is 82.5 cm³/mol. The Hall–Kier alpha value is -1.14. The van der Waals surface area contributed by atoms with Crippen LogP contribution in [0, 0.1) is 0 Å². The van der Waals surface area contributed by atoms with E-state index in [1.807, 2.05) is 27.7 Å². The fraction of sp³-hybridized carbons (Fsp3) is 0.867. The Morgan fingerprint density at radius 3 is 1.71 bits per heavy atom. The topological polar surface area (TPSA) is 98.7 Å². The van der Waals surface area contributed by atoms with Crippen LogP contribution >= 0.6 is 0 Å². The van der Waals surface area contributed by atoms with Gasteiger partial charge in [-0.15, -0.1) is 0 Å². The van der Waals surface area contributed by atoms with Crippen molar-refractivity contribution in [2.24, 2.45) is 0 Å². The average Bonchev–Trinajstić information content (AvgIpc) is 2.33. The van der Waals surface area contributed by atoms with E-state index in [9.17, 15) is 9.59 Å². The molecule has 0 aromatic carbocycles. The van der Waals surface area contributed by atoms with Crippen molar-refractivity contribution in [2.45, 2.75) is 70.9 Å². The van der Waals surface area contributed by atoms with Crippen molar-refractivity contribution in [3.63, 3.8) is 0 Å². The van der Waals surface area contributed by atoms with Crippen molar-refractivity contribution in [2.75, 3.05) is 13.1 Å². The van der Waals surface area contributed by atoms with Crippen LogP contribution in [0.3, 0.4) is 0 Å². The van der Waals surface area contributed by atoms with Crippen molar-refractivity contribution in [1.29, 1.82) is 0 Å².